The summed E-state index contributed by atoms with van der Waals surface area (Å²) in [6.07, 6.45) is -1.05. The summed E-state index contributed by atoms with van der Waals surface area (Å²) < 4.78 is 5.67. The highest BCUT2D eigenvalue weighted by Gasteiger charge is 2.11. The first-order valence-corrected chi connectivity index (χ1v) is 7.06. The average molecular weight is 317 g/mol. The van der Waals surface area contributed by atoms with Gasteiger partial charge in [0.05, 0.1) is 0 Å². The van der Waals surface area contributed by atoms with Gasteiger partial charge in [0, 0.05) is 16.3 Å². The molecule has 6 heteroatoms. The molecule has 0 fully saturated rings. The summed E-state index contributed by atoms with van der Waals surface area (Å²) in [6, 6.07) is 12.3. The average Bonchev–Trinajstić information content (AvgIpc) is 2.90. The molecule has 3 rings (SSSR count). The van der Waals surface area contributed by atoms with Crippen molar-refractivity contribution in [3.63, 3.8) is 0 Å². The van der Waals surface area contributed by atoms with Crippen molar-refractivity contribution < 1.29 is 14.3 Å². The fourth-order valence-corrected chi connectivity index (χ4v) is 2.13. The van der Waals surface area contributed by atoms with Crippen LogP contribution in [0.15, 0.2) is 46.9 Å². The Kier molecular flexibility index (Phi) is 3.83. The van der Waals surface area contributed by atoms with Crippen LogP contribution in [0.2, 0.25) is 5.02 Å². The van der Waals surface area contributed by atoms with E-state index in [1.807, 2.05) is 0 Å². The minimum atomic E-state index is -1.05. The van der Waals surface area contributed by atoms with Gasteiger partial charge in [0.2, 0.25) is 5.89 Å². The number of nitrogens with zero attached hydrogens (tertiary/aromatic N) is 1. The van der Waals surface area contributed by atoms with Crippen molar-refractivity contribution in [2.75, 3.05) is 5.32 Å². The summed E-state index contributed by atoms with van der Waals surface area (Å²) >= 11 is 5.93. The van der Waals surface area contributed by atoms with Crippen molar-refractivity contribution in [2.24, 2.45) is 0 Å². The van der Waals surface area contributed by atoms with E-state index in [4.69, 9.17) is 21.1 Å². The van der Waals surface area contributed by atoms with Gasteiger partial charge >= 0.3 is 0 Å². The number of aromatic nitrogens is 1. The number of carbonyl (C=O) groups excluding carboxylic acids is 1. The molecule has 0 saturated heterocycles. The minimum Gasteiger partial charge on any atom is -0.436 e. The third-order valence-corrected chi connectivity index (χ3v) is 3.36. The Morgan fingerprint density at radius 1 is 1.27 bits per heavy atom. The van der Waals surface area contributed by atoms with E-state index in [2.05, 4.69) is 10.3 Å². The third kappa shape index (κ3) is 2.95. The van der Waals surface area contributed by atoms with Crippen LogP contribution >= 0.6 is 11.6 Å². The van der Waals surface area contributed by atoms with Gasteiger partial charge in [-0.3, -0.25) is 4.79 Å². The van der Waals surface area contributed by atoms with Crippen LogP contribution in [0.4, 0.5) is 5.69 Å². The van der Waals surface area contributed by atoms with Crippen LogP contribution in [0.25, 0.3) is 22.6 Å². The van der Waals surface area contributed by atoms with E-state index >= 15 is 0 Å². The molecule has 1 amide bonds. The zero-order chi connectivity index (χ0) is 15.7. The second kappa shape index (κ2) is 5.79. The summed E-state index contributed by atoms with van der Waals surface area (Å²) in [6.45, 7) is 1.41. The number of carbonyl (C=O) groups is 1. The molecule has 5 nitrogen and oxygen atoms in total. The number of benzene rings is 2. The predicted octanol–water partition coefficient (Wildman–Crippen LogP) is 3.47. The van der Waals surface area contributed by atoms with Crippen molar-refractivity contribution in [2.45, 2.75) is 13.0 Å². The Morgan fingerprint density at radius 2 is 2.00 bits per heavy atom. The number of aliphatic hydroxyl groups is 1. The number of oxazole rings is 1. The molecular formula is C16H13ClN2O3. The molecule has 1 aromatic heterocycles. The largest absolute Gasteiger partial charge is 0.436 e. The van der Waals surface area contributed by atoms with Crippen molar-refractivity contribution in [3.05, 3.63) is 47.5 Å². The van der Waals surface area contributed by atoms with E-state index < -0.39 is 12.0 Å². The van der Waals surface area contributed by atoms with Crippen molar-refractivity contribution >= 4 is 34.3 Å². The Morgan fingerprint density at radius 3 is 2.68 bits per heavy atom. The molecule has 0 aliphatic carbocycles. The lowest BCUT2D eigenvalue weighted by Gasteiger charge is -2.07. The quantitative estimate of drug-likeness (QED) is 0.776. The van der Waals surface area contributed by atoms with Crippen LogP contribution in [-0.4, -0.2) is 22.1 Å². The molecule has 1 heterocycles. The number of amides is 1. The first-order chi connectivity index (χ1) is 10.5. The van der Waals surface area contributed by atoms with Crippen molar-refractivity contribution in [1.82, 2.24) is 4.98 Å². The summed E-state index contributed by atoms with van der Waals surface area (Å²) in [5, 5.41) is 12.4. The first-order valence-electron chi connectivity index (χ1n) is 6.68. The zero-order valence-electron chi connectivity index (χ0n) is 11.7. The van der Waals surface area contributed by atoms with E-state index in [-0.39, 0.29) is 0 Å². The Balaban J connectivity index is 1.86. The second-order valence-electron chi connectivity index (χ2n) is 4.87. The van der Waals surface area contributed by atoms with Crippen LogP contribution in [-0.2, 0) is 4.79 Å². The number of rotatable bonds is 3. The number of fused-ring (bicyclic) bond motifs is 1. The highest BCUT2D eigenvalue weighted by atomic mass is 35.5. The summed E-state index contributed by atoms with van der Waals surface area (Å²) in [7, 11) is 0. The van der Waals surface area contributed by atoms with E-state index in [0.29, 0.717) is 27.7 Å². The SMILES string of the molecule is CC(O)C(=O)Nc1ccc(-c2nc3cc(Cl)ccc3o2)cc1. The molecule has 2 N–H and O–H groups in total. The number of halogens is 1. The van der Waals surface area contributed by atoms with E-state index in [0.717, 1.165) is 5.56 Å². The van der Waals surface area contributed by atoms with Gasteiger partial charge in [-0.2, -0.15) is 0 Å². The van der Waals surface area contributed by atoms with Gasteiger partial charge in [-0.15, -0.1) is 0 Å². The molecule has 2 aromatic carbocycles. The van der Waals surface area contributed by atoms with Gasteiger partial charge in [0.25, 0.3) is 5.91 Å². The van der Waals surface area contributed by atoms with E-state index in [1.165, 1.54) is 6.92 Å². The second-order valence-corrected chi connectivity index (χ2v) is 5.31. The molecule has 112 valence electrons. The van der Waals surface area contributed by atoms with E-state index in [1.54, 1.807) is 42.5 Å². The van der Waals surface area contributed by atoms with Crippen LogP contribution in [0.3, 0.4) is 0 Å². The Bertz CT molecular complexity index is 825. The molecule has 0 radical (unpaired) electrons. The minimum absolute atomic E-state index is 0.454. The highest BCUT2D eigenvalue weighted by molar-refractivity contribution is 6.31. The van der Waals surface area contributed by atoms with Crippen molar-refractivity contribution in [3.8, 4) is 11.5 Å². The maximum Gasteiger partial charge on any atom is 0.252 e. The lowest BCUT2D eigenvalue weighted by Crippen LogP contribution is -2.24. The lowest BCUT2D eigenvalue weighted by atomic mass is 10.2. The zero-order valence-corrected chi connectivity index (χ0v) is 12.5. The van der Waals surface area contributed by atoms with Gasteiger partial charge in [-0.1, -0.05) is 11.6 Å². The Hall–Kier alpha value is -2.37. The maximum atomic E-state index is 11.4. The van der Waals surface area contributed by atoms with Crippen LogP contribution in [0.5, 0.6) is 0 Å². The van der Waals surface area contributed by atoms with Crippen LogP contribution in [0, 0.1) is 0 Å². The number of hydrogen-bond donors (Lipinski definition) is 2. The fourth-order valence-electron chi connectivity index (χ4n) is 1.97. The van der Waals surface area contributed by atoms with Gasteiger partial charge in [-0.25, -0.2) is 4.98 Å². The normalized spacial score (nSPS) is 12.3. The first kappa shape index (κ1) is 14.6. The third-order valence-electron chi connectivity index (χ3n) is 3.13. The molecule has 0 bridgehead atoms. The maximum absolute atomic E-state index is 11.4. The van der Waals surface area contributed by atoms with Crippen LogP contribution in [0.1, 0.15) is 6.92 Å². The van der Waals surface area contributed by atoms with Gasteiger partial charge < -0.3 is 14.8 Å². The van der Waals surface area contributed by atoms with Crippen LogP contribution < -0.4 is 5.32 Å². The highest BCUT2D eigenvalue weighted by Crippen LogP contribution is 2.27. The lowest BCUT2D eigenvalue weighted by molar-refractivity contribution is -0.123. The summed E-state index contributed by atoms with van der Waals surface area (Å²) in [4.78, 5) is 15.8. The van der Waals surface area contributed by atoms with Gasteiger partial charge in [0.1, 0.15) is 11.6 Å². The number of aliphatic hydroxyl groups excluding tert-OH is 1. The van der Waals surface area contributed by atoms with Gasteiger partial charge in [0.15, 0.2) is 5.58 Å². The molecule has 0 aliphatic rings. The topological polar surface area (TPSA) is 75.4 Å². The predicted molar refractivity (Wildman–Crippen MR) is 84.8 cm³/mol. The standard InChI is InChI=1S/C16H13ClN2O3/c1-9(20)15(21)18-12-5-2-10(3-6-12)16-19-13-8-11(17)4-7-14(13)22-16/h2-9,20H,1H3,(H,18,21). The molecular weight excluding hydrogens is 304 g/mol. The van der Waals surface area contributed by atoms with Crippen molar-refractivity contribution in [1.29, 1.82) is 0 Å². The molecule has 1 unspecified atom stereocenters. The van der Waals surface area contributed by atoms with E-state index in [9.17, 15) is 4.79 Å². The molecule has 1 atom stereocenters. The monoisotopic (exact) mass is 316 g/mol. The fraction of sp³-hybridized carbons (Fsp3) is 0.125. The number of nitrogens with one attached hydrogen (secondary N) is 1. The Labute approximate surface area is 131 Å². The van der Waals surface area contributed by atoms with Gasteiger partial charge in [-0.05, 0) is 49.4 Å². The summed E-state index contributed by atoms with van der Waals surface area (Å²) in [5.74, 6) is 0.0231. The smallest absolute Gasteiger partial charge is 0.252 e. The molecule has 22 heavy (non-hydrogen) atoms. The number of anilines is 1. The molecule has 0 aliphatic heterocycles. The summed E-state index contributed by atoms with van der Waals surface area (Å²) in [5.41, 5.74) is 2.72. The molecule has 0 spiro atoms. The molecule has 3 aromatic rings. The molecule has 0 saturated carbocycles. The number of hydrogen-bond acceptors (Lipinski definition) is 4.